The molecule has 0 radical (unpaired) electrons. The van der Waals surface area contributed by atoms with Crippen LogP contribution in [0.15, 0.2) is 67.3 Å². The lowest BCUT2D eigenvalue weighted by Gasteiger charge is -2.31. The highest BCUT2D eigenvalue weighted by molar-refractivity contribution is 5.92. The van der Waals surface area contributed by atoms with Crippen LogP contribution in [0.3, 0.4) is 0 Å². The maximum atomic E-state index is 12.8. The maximum Gasteiger partial charge on any atom is 0.490 e. The largest absolute Gasteiger partial charge is 0.490 e. The number of likely N-dealkylation sites (tertiary alicyclic amines) is 1. The van der Waals surface area contributed by atoms with Crippen LogP contribution in [-0.4, -0.2) is 83.0 Å². The smallest absolute Gasteiger partial charge is 0.475 e. The molecule has 4 aromatic heterocycles. The normalized spacial score (nSPS) is 15.0. The molecule has 5 heterocycles. The predicted molar refractivity (Wildman–Crippen MR) is 136 cm³/mol. The highest BCUT2D eigenvalue weighted by Gasteiger charge is 2.39. The molecule has 0 aromatic carbocycles. The standard InChI is InChI=1S/C22H20N6O.2C2HF3O2/c29-22(19-5-1-2-10-24-19)27-13-3-4-18(14-27)21-25-20-7-6-17(15-28(20)26-21)16-8-11-23-12-9-16;2*3-2(4,5)1(6)7/h1-2,5-12,15,18H,3-4,13-14H2;2*(H,6,7). The Morgan fingerprint density at radius 1 is 0.837 bits per heavy atom. The summed E-state index contributed by atoms with van der Waals surface area (Å²) in [6.07, 6.45) is -1.07. The quantitative estimate of drug-likeness (QED) is 0.319. The number of rotatable bonds is 3. The Balaban J connectivity index is 0.000000303. The van der Waals surface area contributed by atoms with Crippen LogP contribution in [0.2, 0.25) is 0 Å². The SMILES string of the molecule is O=C(O)C(F)(F)F.O=C(O)C(F)(F)F.O=C(c1ccccn1)N1CCCC(c2nc3ccc(-c4ccncc4)cn3n2)C1. The van der Waals surface area contributed by atoms with E-state index in [1.54, 1.807) is 24.7 Å². The van der Waals surface area contributed by atoms with Crippen molar-refractivity contribution in [3.63, 3.8) is 0 Å². The van der Waals surface area contributed by atoms with Gasteiger partial charge in [0.25, 0.3) is 5.91 Å². The van der Waals surface area contributed by atoms with Crippen molar-refractivity contribution in [2.24, 2.45) is 0 Å². The van der Waals surface area contributed by atoms with Gasteiger partial charge in [0.2, 0.25) is 0 Å². The monoisotopic (exact) mass is 612 g/mol. The molecular weight excluding hydrogens is 590 g/mol. The topological polar surface area (TPSA) is 151 Å². The second-order valence-electron chi connectivity index (χ2n) is 8.84. The van der Waals surface area contributed by atoms with E-state index in [0.29, 0.717) is 12.2 Å². The van der Waals surface area contributed by atoms with Crippen molar-refractivity contribution in [2.45, 2.75) is 31.1 Å². The summed E-state index contributed by atoms with van der Waals surface area (Å²) in [5.74, 6) is -4.63. The zero-order chi connectivity index (χ0) is 31.8. The van der Waals surface area contributed by atoms with Crippen molar-refractivity contribution in [1.29, 1.82) is 0 Å². The van der Waals surface area contributed by atoms with Gasteiger partial charge in [-0.3, -0.25) is 14.8 Å². The van der Waals surface area contributed by atoms with Crippen LogP contribution in [0.1, 0.15) is 35.1 Å². The number of nitrogens with zero attached hydrogens (tertiary/aromatic N) is 6. The summed E-state index contributed by atoms with van der Waals surface area (Å²) >= 11 is 0. The van der Waals surface area contributed by atoms with Crippen LogP contribution in [-0.2, 0) is 9.59 Å². The summed E-state index contributed by atoms with van der Waals surface area (Å²) < 4.78 is 65.3. The minimum atomic E-state index is -5.08. The first kappa shape index (κ1) is 32.4. The van der Waals surface area contributed by atoms with Gasteiger partial charge in [0.15, 0.2) is 11.5 Å². The Labute approximate surface area is 238 Å². The van der Waals surface area contributed by atoms with Crippen LogP contribution < -0.4 is 0 Å². The summed E-state index contributed by atoms with van der Waals surface area (Å²) in [6, 6.07) is 13.4. The third-order valence-corrected chi connectivity index (χ3v) is 5.80. The molecule has 2 N–H and O–H groups in total. The lowest BCUT2D eigenvalue weighted by Crippen LogP contribution is -2.39. The van der Waals surface area contributed by atoms with Crippen molar-refractivity contribution in [2.75, 3.05) is 13.1 Å². The highest BCUT2D eigenvalue weighted by atomic mass is 19.4. The third-order valence-electron chi connectivity index (χ3n) is 5.80. The van der Waals surface area contributed by atoms with Gasteiger partial charge in [-0.15, -0.1) is 0 Å². The number of alkyl halides is 6. The molecule has 1 aliphatic heterocycles. The summed E-state index contributed by atoms with van der Waals surface area (Å²) in [6.45, 7) is 1.36. The van der Waals surface area contributed by atoms with Gasteiger partial charge in [-0.2, -0.15) is 31.4 Å². The van der Waals surface area contributed by atoms with E-state index < -0.39 is 24.3 Å². The Hall–Kier alpha value is -5.09. The molecule has 1 fully saturated rings. The molecule has 0 saturated carbocycles. The van der Waals surface area contributed by atoms with Gasteiger partial charge in [0.05, 0.1) is 0 Å². The van der Waals surface area contributed by atoms with Crippen LogP contribution in [0.25, 0.3) is 16.8 Å². The van der Waals surface area contributed by atoms with Gasteiger partial charge in [-0.1, -0.05) is 6.07 Å². The molecule has 0 bridgehead atoms. The predicted octanol–water partition coefficient (Wildman–Crippen LogP) is 4.47. The fourth-order valence-corrected chi connectivity index (χ4v) is 3.81. The molecule has 0 spiro atoms. The Kier molecular flexibility index (Phi) is 10.3. The van der Waals surface area contributed by atoms with Gasteiger partial charge in [0.1, 0.15) is 5.69 Å². The minimum Gasteiger partial charge on any atom is -0.475 e. The van der Waals surface area contributed by atoms with Gasteiger partial charge < -0.3 is 15.1 Å². The van der Waals surface area contributed by atoms with Gasteiger partial charge in [-0.25, -0.2) is 19.1 Å². The lowest BCUT2D eigenvalue weighted by molar-refractivity contribution is -0.193. The first-order chi connectivity index (χ1) is 20.2. The molecule has 228 valence electrons. The number of hydrogen-bond donors (Lipinski definition) is 2. The Morgan fingerprint density at radius 3 is 2.02 bits per heavy atom. The van der Waals surface area contributed by atoms with Crippen LogP contribution in [0.5, 0.6) is 0 Å². The summed E-state index contributed by atoms with van der Waals surface area (Å²) in [4.78, 5) is 45.4. The van der Waals surface area contributed by atoms with Gasteiger partial charge >= 0.3 is 24.3 Å². The van der Waals surface area contributed by atoms with E-state index in [0.717, 1.165) is 42.0 Å². The van der Waals surface area contributed by atoms with Gasteiger partial charge in [-0.05, 0) is 54.8 Å². The second kappa shape index (κ2) is 13.7. The number of aliphatic carboxylic acids is 2. The first-order valence-electron chi connectivity index (χ1n) is 12.2. The number of amides is 1. The van der Waals surface area contributed by atoms with E-state index in [-0.39, 0.29) is 11.8 Å². The molecule has 1 aliphatic rings. The summed E-state index contributed by atoms with van der Waals surface area (Å²) in [5.41, 5.74) is 3.44. The Morgan fingerprint density at radius 2 is 1.47 bits per heavy atom. The lowest BCUT2D eigenvalue weighted by atomic mass is 9.97. The van der Waals surface area contributed by atoms with Gasteiger partial charge in [0, 0.05) is 49.4 Å². The number of piperidine rings is 1. The zero-order valence-corrected chi connectivity index (χ0v) is 21.8. The van der Waals surface area contributed by atoms with E-state index in [1.807, 2.05) is 52.0 Å². The van der Waals surface area contributed by atoms with E-state index in [4.69, 9.17) is 29.9 Å². The number of carbonyl (C=O) groups excluding carboxylic acids is 1. The third kappa shape index (κ3) is 9.20. The number of carboxylic acids is 2. The number of aromatic nitrogens is 5. The molecule has 1 atom stereocenters. The highest BCUT2D eigenvalue weighted by Crippen LogP contribution is 2.27. The maximum absolute atomic E-state index is 12.8. The number of carbonyl (C=O) groups is 3. The number of fused-ring (bicyclic) bond motifs is 1. The first-order valence-corrected chi connectivity index (χ1v) is 12.2. The molecule has 1 saturated heterocycles. The van der Waals surface area contributed by atoms with Crippen molar-refractivity contribution in [3.05, 3.63) is 78.8 Å². The van der Waals surface area contributed by atoms with E-state index >= 15 is 0 Å². The average Bonchev–Trinajstić information content (AvgIpc) is 3.41. The van der Waals surface area contributed by atoms with Crippen LogP contribution in [0.4, 0.5) is 26.3 Å². The van der Waals surface area contributed by atoms with E-state index in [2.05, 4.69) is 9.97 Å². The van der Waals surface area contributed by atoms with E-state index in [1.165, 1.54) is 0 Å². The molecule has 1 unspecified atom stereocenters. The molecule has 1 amide bonds. The average molecular weight is 612 g/mol. The van der Waals surface area contributed by atoms with Crippen molar-refractivity contribution >= 4 is 23.5 Å². The molecular formula is C26H22F6N6O5. The van der Waals surface area contributed by atoms with Crippen molar-refractivity contribution in [3.8, 4) is 11.1 Å². The van der Waals surface area contributed by atoms with Crippen LogP contribution in [0, 0.1) is 0 Å². The number of carboxylic acid groups (broad SMARTS) is 2. The molecule has 0 aliphatic carbocycles. The number of hydrogen-bond acceptors (Lipinski definition) is 7. The fourth-order valence-electron chi connectivity index (χ4n) is 3.81. The number of halogens is 6. The second-order valence-corrected chi connectivity index (χ2v) is 8.84. The molecule has 17 heteroatoms. The molecule has 4 aromatic rings. The zero-order valence-electron chi connectivity index (χ0n) is 21.8. The minimum absolute atomic E-state index is 0.0287. The number of pyridine rings is 3. The van der Waals surface area contributed by atoms with Crippen molar-refractivity contribution < 1.29 is 50.9 Å². The molecule has 43 heavy (non-hydrogen) atoms. The molecule has 11 nitrogen and oxygen atoms in total. The van der Waals surface area contributed by atoms with Crippen molar-refractivity contribution in [1.82, 2.24) is 29.5 Å². The summed E-state index contributed by atoms with van der Waals surface area (Å²) in [5, 5.41) is 19.0. The summed E-state index contributed by atoms with van der Waals surface area (Å²) in [7, 11) is 0. The molecule has 5 rings (SSSR count). The van der Waals surface area contributed by atoms with E-state index in [9.17, 15) is 31.1 Å². The Bertz CT molecular complexity index is 1520. The fraction of sp³-hybridized carbons (Fsp3) is 0.269. The van der Waals surface area contributed by atoms with Crippen LogP contribution >= 0.6 is 0 Å².